The lowest BCUT2D eigenvalue weighted by molar-refractivity contribution is 0.225. The van der Waals surface area contributed by atoms with Crippen molar-refractivity contribution in [3.05, 3.63) is 81.1 Å². The summed E-state index contributed by atoms with van der Waals surface area (Å²) in [6.07, 6.45) is 0. The molecule has 26 heavy (non-hydrogen) atoms. The quantitative estimate of drug-likeness (QED) is 0.694. The van der Waals surface area contributed by atoms with Crippen molar-refractivity contribution in [2.45, 2.75) is 40.8 Å². The van der Waals surface area contributed by atoms with Gasteiger partial charge in [-0.1, -0.05) is 55.3 Å². The average Bonchev–Trinajstić information content (AvgIpc) is 2.57. The van der Waals surface area contributed by atoms with Gasteiger partial charge in [0.1, 0.15) is 0 Å². The number of H-pyrrole nitrogens is 1. The van der Waals surface area contributed by atoms with Crippen molar-refractivity contribution in [2.24, 2.45) is 5.92 Å². The second kappa shape index (κ2) is 7.88. The van der Waals surface area contributed by atoms with Gasteiger partial charge in [-0.05, 0) is 37.5 Å². The SMILES string of the molecule is Cc1ccc(CN(Cc2cc(=O)c3cc(C)ccc3[nH]2)CC(C)C)cc1. The maximum atomic E-state index is 12.5. The second-order valence-electron chi connectivity index (χ2n) is 7.76. The zero-order chi connectivity index (χ0) is 18.7. The van der Waals surface area contributed by atoms with Crippen LogP contribution in [0.5, 0.6) is 0 Å². The van der Waals surface area contributed by atoms with E-state index in [9.17, 15) is 4.79 Å². The highest BCUT2D eigenvalue weighted by atomic mass is 16.1. The summed E-state index contributed by atoms with van der Waals surface area (Å²) in [7, 11) is 0. The molecule has 3 rings (SSSR count). The van der Waals surface area contributed by atoms with Crippen molar-refractivity contribution in [3.8, 4) is 0 Å². The van der Waals surface area contributed by atoms with E-state index in [2.05, 4.69) is 54.9 Å². The monoisotopic (exact) mass is 348 g/mol. The van der Waals surface area contributed by atoms with Gasteiger partial charge in [0, 0.05) is 42.3 Å². The minimum atomic E-state index is 0.0947. The van der Waals surface area contributed by atoms with Crippen molar-refractivity contribution >= 4 is 10.9 Å². The largest absolute Gasteiger partial charge is 0.357 e. The van der Waals surface area contributed by atoms with Crippen LogP contribution in [0.3, 0.4) is 0 Å². The molecule has 136 valence electrons. The van der Waals surface area contributed by atoms with Crippen molar-refractivity contribution in [3.63, 3.8) is 0 Å². The molecule has 0 aliphatic heterocycles. The van der Waals surface area contributed by atoms with Gasteiger partial charge in [0.2, 0.25) is 0 Å². The van der Waals surface area contributed by atoms with Gasteiger partial charge in [-0.2, -0.15) is 0 Å². The number of pyridine rings is 1. The molecule has 0 spiro atoms. The van der Waals surface area contributed by atoms with Gasteiger partial charge in [0.25, 0.3) is 0 Å². The Morgan fingerprint density at radius 2 is 1.62 bits per heavy atom. The third-order valence-electron chi connectivity index (χ3n) is 4.59. The summed E-state index contributed by atoms with van der Waals surface area (Å²) < 4.78 is 0. The summed E-state index contributed by atoms with van der Waals surface area (Å²) in [4.78, 5) is 18.4. The highest BCUT2D eigenvalue weighted by Crippen LogP contribution is 2.15. The molecule has 3 aromatic rings. The summed E-state index contributed by atoms with van der Waals surface area (Å²) in [6.45, 7) is 11.2. The van der Waals surface area contributed by atoms with Gasteiger partial charge in [-0.15, -0.1) is 0 Å². The average molecular weight is 348 g/mol. The Balaban J connectivity index is 1.86. The number of fused-ring (bicyclic) bond motifs is 1. The van der Waals surface area contributed by atoms with Crippen molar-refractivity contribution < 1.29 is 0 Å². The first-order valence-electron chi connectivity index (χ1n) is 9.31. The van der Waals surface area contributed by atoms with E-state index in [-0.39, 0.29) is 5.43 Å². The van der Waals surface area contributed by atoms with Crippen LogP contribution >= 0.6 is 0 Å². The Morgan fingerprint density at radius 1 is 0.923 bits per heavy atom. The molecule has 0 radical (unpaired) electrons. The Bertz CT molecular complexity index is 939. The maximum Gasteiger partial charge on any atom is 0.189 e. The first-order chi connectivity index (χ1) is 12.4. The van der Waals surface area contributed by atoms with Crippen LogP contribution in [0.4, 0.5) is 0 Å². The van der Waals surface area contributed by atoms with Crippen molar-refractivity contribution in [1.29, 1.82) is 0 Å². The Hall–Kier alpha value is -2.39. The standard InChI is InChI=1S/C23H28N2O/c1-16(2)13-25(14-19-8-5-17(3)6-9-19)15-20-12-23(26)21-11-18(4)7-10-22(21)24-20/h5-12,16H,13-15H2,1-4H3,(H,24,26). The molecule has 0 saturated carbocycles. The van der Waals surface area contributed by atoms with Gasteiger partial charge >= 0.3 is 0 Å². The number of benzene rings is 2. The molecule has 1 heterocycles. The van der Waals surface area contributed by atoms with Crippen LogP contribution in [0.1, 0.15) is 36.2 Å². The van der Waals surface area contributed by atoms with E-state index in [0.29, 0.717) is 5.92 Å². The number of aromatic nitrogens is 1. The van der Waals surface area contributed by atoms with Crippen LogP contribution in [0, 0.1) is 19.8 Å². The highest BCUT2D eigenvalue weighted by molar-refractivity contribution is 5.79. The minimum absolute atomic E-state index is 0.0947. The molecule has 2 aromatic carbocycles. The molecule has 1 N–H and O–H groups in total. The lowest BCUT2D eigenvalue weighted by Crippen LogP contribution is -2.28. The lowest BCUT2D eigenvalue weighted by Gasteiger charge is -2.24. The number of hydrogen-bond acceptors (Lipinski definition) is 2. The van der Waals surface area contributed by atoms with E-state index in [1.807, 2.05) is 25.1 Å². The number of rotatable bonds is 6. The van der Waals surface area contributed by atoms with Gasteiger partial charge in [-0.3, -0.25) is 9.69 Å². The van der Waals surface area contributed by atoms with Crippen LogP contribution in [0.25, 0.3) is 10.9 Å². The van der Waals surface area contributed by atoms with E-state index in [1.54, 1.807) is 6.07 Å². The van der Waals surface area contributed by atoms with Crippen LogP contribution in [0.15, 0.2) is 53.3 Å². The molecule has 0 bridgehead atoms. The van der Waals surface area contributed by atoms with Gasteiger partial charge in [0.05, 0.1) is 0 Å². The van der Waals surface area contributed by atoms with Gasteiger partial charge in [0.15, 0.2) is 5.43 Å². The third-order valence-corrected chi connectivity index (χ3v) is 4.59. The summed E-state index contributed by atoms with van der Waals surface area (Å²) in [5.74, 6) is 0.565. The fraction of sp³-hybridized carbons (Fsp3) is 0.348. The van der Waals surface area contributed by atoms with Crippen LogP contribution in [-0.4, -0.2) is 16.4 Å². The molecule has 0 aliphatic rings. The summed E-state index contributed by atoms with van der Waals surface area (Å²) in [5.41, 5.74) is 5.67. The first-order valence-corrected chi connectivity index (χ1v) is 9.31. The smallest absolute Gasteiger partial charge is 0.189 e. The topological polar surface area (TPSA) is 36.1 Å². The normalized spacial score (nSPS) is 11.6. The molecule has 0 unspecified atom stereocenters. The molecule has 0 atom stereocenters. The van der Waals surface area contributed by atoms with Crippen molar-refractivity contribution in [1.82, 2.24) is 9.88 Å². The van der Waals surface area contributed by atoms with Crippen LogP contribution in [-0.2, 0) is 13.1 Å². The zero-order valence-corrected chi connectivity index (χ0v) is 16.2. The van der Waals surface area contributed by atoms with Crippen molar-refractivity contribution in [2.75, 3.05) is 6.54 Å². The van der Waals surface area contributed by atoms with E-state index < -0.39 is 0 Å². The zero-order valence-electron chi connectivity index (χ0n) is 16.2. The summed E-state index contributed by atoms with van der Waals surface area (Å²) in [6, 6.07) is 16.4. The summed E-state index contributed by atoms with van der Waals surface area (Å²) in [5, 5.41) is 0.766. The molecule has 0 fully saturated rings. The number of nitrogens with zero attached hydrogens (tertiary/aromatic N) is 1. The van der Waals surface area contributed by atoms with Gasteiger partial charge in [-0.25, -0.2) is 0 Å². The first kappa shape index (κ1) is 18.4. The minimum Gasteiger partial charge on any atom is -0.357 e. The Labute approximate surface area is 155 Å². The van der Waals surface area contributed by atoms with E-state index in [0.717, 1.165) is 41.8 Å². The van der Waals surface area contributed by atoms with Gasteiger partial charge < -0.3 is 4.98 Å². The fourth-order valence-electron chi connectivity index (χ4n) is 3.40. The molecule has 0 amide bonds. The lowest BCUT2D eigenvalue weighted by atomic mass is 10.1. The molecular weight excluding hydrogens is 320 g/mol. The highest BCUT2D eigenvalue weighted by Gasteiger charge is 2.11. The van der Waals surface area contributed by atoms with E-state index >= 15 is 0 Å². The predicted octanol–water partition coefficient (Wildman–Crippen LogP) is 4.80. The Morgan fingerprint density at radius 3 is 2.31 bits per heavy atom. The molecule has 0 aliphatic carbocycles. The van der Waals surface area contributed by atoms with E-state index in [4.69, 9.17) is 0 Å². The number of aryl methyl sites for hydroxylation is 2. The molecular formula is C23H28N2O. The predicted molar refractivity (Wildman–Crippen MR) is 109 cm³/mol. The summed E-state index contributed by atoms with van der Waals surface area (Å²) >= 11 is 0. The molecule has 3 nitrogen and oxygen atoms in total. The van der Waals surface area contributed by atoms with E-state index in [1.165, 1.54) is 11.1 Å². The Kier molecular flexibility index (Phi) is 5.58. The number of aromatic amines is 1. The fourth-order valence-corrected chi connectivity index (χ4v) is 3.40. The number of nitrogens with one attached hydrogen (secondary N) is 1. The maximum absolute atomic E-state index is 12.5. The van der Waals surface area contributed by atoms with Crippen LogP contribution < -0.4 is 5.43 Å². The second-order valence-corrected chi connectivity index (χ2v) is 7.76. The third kappa shape index (κ3) is 4.61. The number of hydrogen-bond donors (Lipinski definition) is 1. The molecule has 3 heteroatoms. The van der Waals surface area contributed by atoms with Crippen LogP contribution in [0.2, 0.25) is 0 Å². The molecule has 1 aromatic heterocycles. The molecule has 0 saturated heterocycles.